The third-order valence-corrected chi connectivity index (χ3v) is 3.12. The number of ketones is 1. The van der Waals surface area contributed by atoms with Gasteiger partial charge < -0.3 is 5.73 Å². The van der Waals surface area contributed by atoms with E-state index in [0.717, 1.165) is 36.9 Å². The predicted molar refractivity (Wildman–Crippen MR) is 75.8 cm³/mol. The number of Topliss-reactive ketones (excluding diaryl/α,β-unsaturated/α-hetero) is 1. The van der Waals surface area contributed by atoms with Crippen LogP contribution in [0.4, 0.5) is 0 Å². The highest BCUT2D eigenvalue weighted by atomic mass is 32.1. The summed E-state index contributed by atoms with van der Waals surface area (Å²) < 4.78 is 0. The first kappa shape index (κ1) is 14.3. The van der Waals surface area contributed by atoms with Crippen LogP contribution in [0.1, 0.15) is 53.4 Å². The van der Waals surface area contributed by atoms with Crippen LogP contribution in [0.15, 0.2) is 18.2 Å². The summed E-state index contributed by atoms with van der Waals surface area (Å²) in [5.74, 6) is 0.112. The second-order valence-corrected chi connectivity index (χ2v) is 5.22. The van der Waals surface area contributed by atoms with Crippen molar-refractivity contribution >= 4 is 18.4 Å². The molecule has 0 radical (unpaired) electrons. The quantitative estimate of drug-likeness (QED) is 0.463. The molecular weight excluding hydrogens is 230 g/mol. The summed E-state index contributed by atoms with van der Waals surface area (Å²) in [5.41, 5.74) is 8.59. The Morgan fingerprint density at radius 2 is 2.06 bits per heavy atom. The van der Waals surface area contributed by atoms with Crippen LogP contribution >= 0.6 is 12.6 Å². The fraction of sp³-hybridized carbons (Fsp3) is 0.500. The number of nitrogens with two attached hydrogens (primary N) is 1. The number of carbonyl (C=O) groups is 1. The molecule has 3 heteroatoms. The maximum absolute atomic E-state index is 11.5. The smallest absolute Gasteiger partial charge is 0.159 e. The maximum Gasteiger partial charge on any atom is 0.159 e. The van der Waals surface area contributed by atoms with Crippen molar-refractivity contribution in [2.75, 3.05) is 6.54 Å². The lowest BCUT2D eigenvalue weighted by molar-refractivity contribution is 0.101. The average molecular weight is 251 g/mol. The molecule has 0 aromatic heterocycles. The third kappa shape index (κ3) is 4.52. The van der Waals surface area contributed by atoms with Gasteiger partial charge in [0.2, 0.25) is 0 Å². The number of aryl methyl sites for hydroxylation is 1. The van der Waals surface area contributed by atoms with Gasteiger partial charge in [0.1, 0.15) is 0 Å². The lowest BCUT2D eigenvalue weighted by atomic mass is 9.98. The van der Waals surface area contributed by atoms with E-state index in [1.165, 1.54) is 5.56 Å². The monoisotopic (exact) mass is 251 g/mol. The van der Waals surface area contributed by atoms with E-state index in [1.54, 1.807) is 6.92 Å². The number of thiol groups is 1. The fourth-order valence-electron chi connectivity index (χ4n) is 1.78. The van der Waals surface area contributed by atoms with Crippen molar-refractivity contribution in [3.05, 3.63) is 34.9 Å². The molecule has 1 aromatic carbocycles. The van der Waals surface area contributed by atoms with Gasteiger partial charge in [-0.15, -0.1) is 0 Å². The Hall–Kier alpha value is -0.800. The zero-order chi connectivity index (χ0) is 12.8. The van der Waals surface area contributed by atoms with E-state index in [-0.39, 0.29) is 11.0 Å². The van der Waals surface area contributed by atoms with Gasteiger partial charge in [0.05, 0.1) is 0 Å². The highest BCUT2D eigenvalue weighted by Crippen LogP contribution is 2.23. The molecule has 2 N–H and O–H groups in total. The fourth-order valence-corrected chi connectivity index (χ4v) is 1.93. The first-order chi connectivity index (χ1) is 8.04. The SMILES string of the molecule is CC(=O)c1cc(CCCCN)cc(C(C)S)c1. The van der Waals surface area contributed by atoms with Gasteiger partial charge in [-0.25, -0.2) is 0 Å². The summed E-state index contributed by atoms with van der Waals surface area (Å²) in [6, 6.07) is 6.06. The number of hydrogen-bond donors (Lipinski definition) is 2. The Bertz CT molecular complexity index is 388. The molecular formula is C14H21NOS. The van der Waals surface area contributed by atoms with Gasteiger partial charge in [0.15, 0.2) is 5.78 Å². The van der Waals surface area contributed by atoms with E-state index in [9.17, 15) is 4.79 Å². The lowest BCUT2D eigenvalue weighted by Gasteiger charge is -2.10. The van der Waals surface area contributed by atoms with Gasteiger partial charge in [-0.2, -0.15) is 12.6 Å². The minimum absolute atomic E-state index is 0.112. The molecule has 0 heterocycles. The Balaban J connectivity index is 2.91. The van der Waals surface area contributed by atoms with Crippen molar-refractivity contribution in [1.82, 2.24) is 0 Å². The molecule has 0 aliphatic carbocycles. The molecule has 17 heavy (non-hydrogen) atoms. The van der Waals surface area contributed by atoms with Gasteiger partial charge >= 0.3 is 0 Å². The van der Waals surface area contributed by atoms with Gasteiger partial charge in [0, 0.05) is 10.8 Å². The molecule has 0 aliphatic rings. The van der Waals surface area contributed by atoms with Crippen LogP contribution in [-0.2, 0) is 6.42 Å². The molecule has 0 fully saturated rings. The van der Waals surface area contributed by atoms with Crippen molar-refractivity contribution in [3.63, 3.8) is 0 Å². The summed E-state index contributed by atoms with van der Waals surface area (Å²) in [7, 11) is 0. The Kier molecular flexibility index (Phi) is 5.72. The minimum atomic E-state index is 0.112. The normalized spacial score (nSPS) is 12.5. The minimum Gasteiger partial charge on any atom is -0.330 e. The van der Waals surface area contributed by atoms with Crippen molar-refractivity contribution in [2.45, 2.75) is 38.4 Å². The zero-order valence-electron chi connectivity index (χ0n) is 10.6. The Labute approximate surface area is 109 Å². The molecule has 2 nitrogen and oxygen atoms in total. The Morgan fingerprint density at radius 3 is 2.59 bits per heavy atom. The van der Waals surface area contributed by atoms with Crippen LogP contribution in [0.25, 0.3) is 0 Å². The van der Waals surface area contributed by atoms with Crippen LogP contribution in [0.5, 0.6) is 0 Å². The van der Waals surface area contributed by atoms with E-state index in [2.05, 4.69) is 18.7 Å². The van der Waals surface area contributed by atoms with Gasteiger partial charge in [0.25, 0.3) is 0 Å². The maximum atomic E-state index is 11.5. The van der Waals surface area contributed by atoms with Crippen LogP contribution in [0.3, 0.4) is 0 Å². The van der Waals surface area contributed by atoms with E-state index < -0.39 is 0 Å². The number of hydrogen-bond acceptors (Lipinski definition) is 3. The average Bonchev–Trinajstić information content (AvgIpc) is 2.29. The number of unbranched alkanes of at least 4 members (excludes halogenated alkanes) is 1. The predicted octanol–water partition coefficient (Wildman–Crippen LogP) is 3.16. The second kappa shape index (κ2) is 6.82. The van der Waals surface area contributed by atoms with E-state index in [4.69, 9.17) is 5.73 Å². The summed E-state index contributed by atoms with van der Waals surface area (Å²) in [4.78, 5) is 11.5. The van der Waals surface area contributed by atoms with Gasteiger partial charge in [-0.05, 0) is 62.9 Å². The van der Waals surface area contributed by atoms with Crippen molar-refractivity contribution in [3.8, 4) is 0 Å². The second-order valence-electron chi connectivity index (χ2n) is 4.44. The molecule has 0 saturated carbocycles. The lowest BCUT2D eigenvalue weighted by Crippen LogP contribution is -2.01. The van der Waals surface area contributed by atoms with E-state index in [0.29, 0.717) is 0 Å². The van der Waals surface area contributed by atoms with Gasteiger partial charge in [-0.1, -0.05) is 6.07 Å². The van der Waals surface area contributed by atoms with Crippen LogP contribution in [0.2, 0.25) is 0 Å². The Morgan fingerprint density at radius 1 is 1.35 bits per heavy atom. The molecule has 94 valence electrons. The van der Waals surface area contributed by atoms with Crippen LogP contribution in [-0.4, -0.2) is 12.3 Å². The van der Waals surface area contributed by atoms with Gasteiger partial charge in [-0.3, -0.25) is 4.79 Å². The largest absolute Gasteiger partial charge is 0.330 e. The van der Waals surface area contributed by atoms with Crippen LogP contribution in [0, 0.1) is 0 Å². The van der Waals surface area contributed by atoms with Crippen molar-refractivity contribution in [1.29, 1.82) is 0 Å². The van der Waals surface area contributed by atoms with E-state index >= 15 is 0 Å². The number of benzene rings is 1. The molecule has 0 amide bonds. The summed E-state index contributed by atoms with van der Waals surface area (Å²) in [6.07, 6.45) is 3.07. The molecule has 0 aliphatic heterocycles. The molecule has 0 saturated heterocycles. The number of carbonyl (C=O) groups excluding carboxylic acids is 1. The standard InChI is InChI=1S/C14H21NOS/c1-10(16)13-7-12(5-3-4-6-15)8-14(9-13)11(2)17/h7-9,11,17H,3-6,15H2,1-2H3. The topological polar surface area (TPSA) is 43.1 Å². The van der Waals surface area contributed by atoms with Crippen molar-refractivity contribution < 1.29 is 4.79 Å². The molecule has 1 aromatic rings. The van der Waals surface area contributed by atoms with Crippen LogP contribution < -0.4 is 5.73 Å². The highest BCUT2D eigenvalue weighted by Gasteiger charge is 2.07. The first-order valence-electron chi connectivity index (χ1n) is 6.07. The molecule has 0 spiro atoms. The molecule has 1 atom stereocenters. The molecule has 0 bridgehead atoms. The molecule has 1 unspecified atom stereocenters. The zero-order valence-corrected chi connectivity index (χ0v) is 11.5. The first-order valence-corrected chi connectivity index (χ1v) is 6.59. The van der Waals surface area contributed by atoms with E-state index in [1.807, 2.05) is 19.1 Å². The summed E-state index contributed by atoms with van der Waals surface area (Å²) in [6.45, 7) is 4.35. The number of rotatable bonds is 6. The summed E-state index contributed by atoms with van der Waals surface area (Å²) >= 11 is 4.43. The summed E-state index contributed by atoms with van der Waals surface area (Å²) in [5, 5.41) is 0.155. The van der Waals surface area contributed by atoms with Crippen molar-refractivity contribution in [2.24, 2.45) is 5.73 Å². The molecule has 1 rings (SSSR count). The highest BCUT2D eigenvalue weighted by molar-refractivity contribution is 7.80. The third-order valence-electron chi connectivity index (χ3n) is 2.82.